The van der Waals surface area contributed by atoms with Gasteiger partial charge in [0.15, 0.2) is 23.0 Å². The van der Waals surface area contributed by atoms with Crippen molar-refractivity contribution in [3.05, 3.63) is 83.9 Å². The Morgan fingerprint density at radius 3 is 1.68 bits per heavy atom. The molecule has 0 radical (unpaired) electrons. The smallest absolute Gasteiger partial charge is 0.306 e. The van der Waals surface area contributed by atoms with Crippen LogP contribution in [-0.4, -0.2) is 58.2 Å². The van der Waals surface area contributed by atoms with Gasteiger partial charge in [0, 0.05) is 5.56 Å². The van der Waals surface area contributed by atoms with Crippen LogP contribution in [0.4, 0.5) is 0 Å². The lowest BCUT2D eigenvalue weighted by Gasteiger charge is -2.22. The lowest BCUT2D eigenvalue weighted by Crippen LogP contribution is -2.10. The molecule has 4 aromatic rings. The summed E-state index contributed by atoms with van der Waals surface area (Å²) in [6.45, 7) is 3.75. The summed E-state index contributed by atoms with van der Waals surface area (Å²) in [6, 6.07) is 19.5. The second-order valence-corrected chi connectivity index (χ2v) is 15.3. The highest BCUT2D eigenvalue weighted by Gasteiger charge is 2.28. The van der Waals surface area contributed by atoms with E-state index in [1.165, 1.54) is 38.5 Å². The van der Waals surface area contributed by atoms with Gasteiger partial charge in [0.2, 0.25) is 0 Å². The maximum atomic E-state index is 12.5. The van der Waals surface area contributed by atoms with Gasteiger partial charge in [-0.1, -0.05) is 48.0 Å². The molecule has 0 aliphatic heterocycles. The van der Waals surface area contributed by atoms with Crippen LogP contribution in [0.2, 0.25) is 0 Å². The fourth-order valence-corrected chi connectivity index (χ4v) is 6.03. The minimum atomic E-state index is -4.16. The number of benzene rings is 4. The average Bonchev–Trinajstić information content (AvgIpc) is 2.96. The monoisotopic (exact) mass is 706 g/mol. The van der Waals surface area contributed by atoms with Crippen LogP contribution in [0.1, 0.15) is 24.2 Å². The summed E-state index contributed by atoms with van der Waals surface area (Å²) in [4.78, 5) is 0. The molecule has 4 aromatic carbocycles. The van der Waals surface area contributed by atoms with Crippen LogP contribution in [-0.2, 0) is 30.4 Å². The Balaban J connectivity index is 1.92. The number of ether oxygens (including phenoxy) is 3. The highest BCUT2D eigenvalue weighted by Crippen LogP contribution is 2.52. The molecular formula is C32H34O12S3. The van der Waals surface area contributed by atoms with Gasteiger partial charge < -0.3 is 26.8 Å². The van der Waals surface area contributed by atoms with E-state index < -0.39 is 36.5 Å². The fourth-order valence-electron chi connectivity index (χ4n) is 4.65. The van der Waals surface area contributed by atoms with Gasteiger partial charge in [-0.3, -0.25) is 0 Å². The summed E-state index contributed by atoms with van der Waals surface area (Å²) < 4.78 is 106. The van der Waals surface area contributed by atoms with Crippen molar-refractivity contribution in [1.82, 2.24) is 0 Å². The third-order valence-corrected chi connectivity index (χ3v) is 8.04. The first-order valence-electron chi connectivity index (χ1n) is 13.8. The van der Waals surface area contributed by atoms with E-state index in [1.54, 1.807) is 31.2 Å². The molecule has 0 aliphatic rings. The second-order valence-electron chi connectivity index (χ2n) is 10.6. The zero-order valence-electron chi connectivity index (χ0n) is 26.6. The SMILES string of the molecule is COc1cc(-c2ccc(OS(C)(=O)=O)cc2)c(OC)c(OS(C)(=O)=O)c1-c1ccc(OC(C)c2ccc(C)cc2)c(OS(C)(=O)=O)c1. The zero-order valence-corrected chi connectivity index (χ0v) is 29.1. The molecular weight excluding hydrogens is 673 g/mol. The van der Waals surface area contributed by atoms with E-state index in [0.717, 1.165) is 29.9 Å². The van der Waals surface area contributed by atoms with Crippen LogP contribution in [0, 0.1) is 6.92 Å². The van der Waals surface area contributed by atoms with Gasteiger partial charge in [-0.2, -0.15) is 25.3 Å². The molecule has 0 saturated carbocycles. The van der Waals surface area contributed by atoms with Crippen molar-refractivity contribution in [3.8, 4) is 56.8 Å². The Hall–Kier alpha value is -4.47. The van der Waals surface area contributed by atoms with Crippen molar-refractivity contribution in [2.45, 2.75) is 20.0 Å². The number of aryl methyl sites for hydroxylation is 1. The molecule has 0 aliphatic carbocycles. The molecule has 1 atom stereocenters. The number of hydrogen-bond donors (Lipinski definition) is 0. The summed E-state index contributed by atoms with van der Waals surface area (Å²) in [5.41, 5.74) is 3.06. The molecule has 12 nitrogen and oxygen atoms in total. The minimum Gasteiger partial charge on any atom is -0.496 e. The molecule has 252 valence electrons. The van der Waals surface area contributed by atoms with Gasteiger partial charge in [0.25, 0.3) is 0 Å². The molecule has 0 spiro atoms. The third kappa shape index (κ3) is 9.30. The van der Waals surface area contributed by atoms with Crippen molar-refractivity contribution in [3.63, 3.8) is 0 Å². The standard InChI is InChI=1S/C32H34O12S3/c1-20-8-10-22(11-9-20)21(2)41-27-17-14-24(18-28(27)43-46(6,35)36)30-29(39-3)19-26(31(40-4)32(30)44-47(7,37)38)23-12-15-25(16-13-23)42-45(5,33)34/h8-19,21H,1-7H3. The molecule has 4 rings (SSSR count). The quantitative estimate of drug-likeness (QED) is 0.161. The lowest BCUT2D eigenvalue weighted by atomic mass is 9.96. The van der Waals surface area contributed by atoms with Crippen LogP contribution in [0.15, 0.2) is 72.8 Å². The summed E-state index contributed by atoms with van der Waals surface area (Å²) >= 11 is 0. The number of methoxy groups -OCH3 is 2. The molecule has 0 bridgehead atoms. The molecule has 0 saturated heterocycles. The summed E-state index contributed by atoms with van der Waals surface area (Å²) in [6.07, 6.45) is 2.16. The van der Waals surface area contributed by atoms with Crippen LogP contribution in [0.25, 0.3) is 22.3 Å². The van der Waals surface area contributed by atoms with E-state index in [4.69, 9.17) is 26.8 Å². The molecule has 0 aromatic heterocycles. The van der Waals surface area contributed by atoms with E-state index in [2.05, 4.69) is 0 Å². The van der Waals surface area contributed by atoms with Crippen LogP contribution in [0.5, 0.6) is 34.5 Å². The average molecular weight is 707 g/mol. The van der Waals surface area contributed by atoms with Gasteiger partial charge >= 0.3 is 30.4 Å². The largest absolute Gasteiger partial charge is 0.496 e. The first-order valence-corrected chi connectivity index (χ1v) is 19.3. The maximum Gasteiger partial charge on any atom is 0.306 e. The first-order chi connectivity index (χ1) is 21.9. The lowest BCUT2D eigenvalue weighted by molar-refractivity contribution is 0.221. The maximum absolute atomic E-state index is 12.5. The van der Waals surface area contributed by atoms with Crippen molar-refractivity contribution in [2.75, 3.05) is 33.0 Å². The van der Waals surface area contributed by atoms with Crippen LogP contribution < -0.4 is 26.8 Å². The van der Waals surface area contributed by atoms with Crippen molar-refractivity contribution in [2.24, 2.45) is 0 Å². The highest BCUT2D eigenvalue weighted by molar-refractivity contribution is 7.86. The third-order valence-electron chi connectivity index (χ3n) is 6.60. The molecule has 1 unspecified atom stereocenters. The van der Waals surface area contributed by atoms with Crippen molar-refractivity contribution in [1.29, 1.82) is 0 Å². The van der Waals surface area contributed by atoms with Gasteiger partial charge in [0.1, 0.15) is 17.6 Å². The topological polar surface area (TPSA) is 158 Å². The number of rotatable bonds is 13. The molecule has 0 heterocycles. The zero-order chi connectivity index (χ0) is 34.7. The normalized spacial score (nSPS) is 12.6. The van der Waals surface area contributed by atoms with Crippen molar-refractivity contribution < 1.29 is 52.0 Å². The van der Waals surface area contributed by atoms with Gasteiger partial charge in [-0.05, 0) is 60.9 Å². The fraction of sp³-hybridized carbons (Fsp3) is 0.250. The van der Waals surface area contributed by atoms with E-state index in [1.807, 2.05) is 31.2 Å². The Morgan fingerprint density at radius 2 is 1.15 bits per heavy atom. The summed E-state index contributed by atoms with van der Waals surface area (Å²) in [7, 11) is -9.30. The Kier molecular flexibility index (Phi) is 10.3. The van der Waals surface area contributed by atoms with Crippen LogP contribution in [0.3, 0.4) is 0 Å². The molecule has 0 N–H and O–H groups in total. The van der Waals surface area contributed by atoms with Gasteiger partial charge in [0.05, 0.1) is 38.6 Å². The second kappa shape index (κ2) is 13.7. The first kappa shape index (κ1) is 35.4. The summed E-state index contributed by atoms with van der Waals surface area (Å²) in [5.74, 6) is -0.140. The van der Waals surface area contributed by atoms with Crippen molar-refractivity contribution >= 4 is 30.4 Å². The van der Waals surface area contributed by atoms with E-state index in [-0.39, 0.29) is 45.6 Å². The predicted molar refractivity (Wildman–Crippen MR) is 177 cm³/mol. The Bertz CT molecular complexity index is 2090. The molecule has 0 amide bonds. The molecule has 47 heavy (non-hydrogen) atoms. The van der Waals surface area contributed by atoms with E-state index in [9.17, 15) is 25.3 Å². The molecule has 15 heteroatoms. The van der Waals surface area contributed by atoms with Gasteiger partial charge in [-0.25, -0.2) is 0 Å². The Labute approximate surface area is 275 Å². The Morgan fingerprint density at radius 1 is 0.574 bits per heavy atom. The van der Waals surface area contributed by atoms with Gasteiger partial charge in [-0.15, -0.1) is 0 Å². The van der Waals surface area contributed by atoms with E-state index >= 15 is 0 Å². The number of hydrogen-bond acceptors (Lipinski definition) is 12. The minimum absolute atomic E-state index is 0.0121. The molecule has 0 fully saturated rings. The van der Waals surface area contributed by atoms with Crippen LogP contribution >= 0.6 is 0 Å². The summed E-state index contributed by atoms with van der Waals surface area (Å²) in [5, 5.41) is 0. The highest BCUT2D eigenvalue weighted by atomic mass is 32.2. The predicted octanol–water partition coefficient (Wildman–Crippen LogP) is 5.50. The van der Waals surface area contributed by atoms with E-state index in [0.29, 0.717) is 11.1 Å².